The summed E-state index contributed by atoms with van der Waals surface area (Å²) in [5.74, 6) is 0.825. The third-order valence-electron chi connectivity index (χ3n) is 5.02. The fourth-order valence-corrected chi connectivity index (χ4v) is 4.06. The number of nitrogens with zero attached hydrogens (tertiary/aromatic N) is 5. The lowest BCUT2D eigenvalue weighted by molar-refractivity contribution is -0.121. The first-order valence-electron chi connectivity index (χ1n) is 9.39. The lowest BCUT2D eigenvalue weighted by Crippen LogP contribution is -2.37. The highest BCUT2D eigenvalue weighted by molar-refractivity contribution is 7.90. The topological polar surface area (TPSA) is 110 Å². The SMILES string of the molecule is CS(=O)(=O)c1ccc(CCC(=O)N[C@@H]2CCN(c3ccc4nncn4n3)C2)cc1. The molecular weight excluding hydrogens is 392 g/mol. The Morgan fingerprint density at radius 3 is 2.76 bits per heavy atom. The second-order valence-electron chi connectivity index (χ2n) is 7.24. The highest BCUT2D eigenvalue weighted by Crippen LogP contribution is 2.18. The van der Waals surface area contributed by atoms with Gasteiger partial charge in [0.25, 0.3) is 0 Å². The Hall–Kier alpha value is -3.01. The highest BCUT2D eigenvalue weighted by Gasteiger charge is 2.25. The zero-order valence-corrected chi connectivity index (χ0v) is 16.8. The second kappa shape index (κ2) is 7.78. The van der Waals surface area contributed by atoms with E-state index in [1.165, 1.54) is 6.26 Å². The van der Waals surface area contributed by atoms with Crippen LogP contribution < -0.4 is 10.2 Å². The standard InChI is InChI=1S/C19H22N6O3S/c1-29(27,28)16-5-2-14(3-6-16)4-9-19(26)21-15-10-11-24(12-15)18-8-7-17-22-20-13-25(17)23-18/h2-3,5-8,13,15H,4,9-12H2,1H3,(H,21,26)/t15-/m1/s1. The minimum atomic E-state index is -3.20. The summed E-state index contributed by atoms with van der Waals surface area (Å²) in [6, 6.07) is 10.5. The summed E-state index contributed by atoms with van der Waals surface area (Å²) in [6.07, 6.45) is 4.53. The van der Waals surface area contributed by atoms with Crippen molar-refractivity contribution in [3.8, 4) is 0 Å². The Bertz CT molecular complexity index is 1130. The molecule has 0 bridgehead atoms. The minimum Gasteiger partial charge on any atom is -0.353 e. The summed E-state index contributed by atoms with van der Waals surface area (Å²) < 4.78 is 24.6. The van der Waals surface area contributed by atoms with Gasteiger partial charge in [0.2, 0.25) is 5.91 Å². The van der Waals surface area contributed by atoms with E-state index >= 15 is 0 Å². The number of carbonyl (C=O) groups excluding carboxylic acids is 1. The molecule has 1 fully saturated rings. The number of aryl methyl sites for hydroxylation is 1. The molecule has 29 heavy (non-hydrogen) atoms. The lowest BCUT2D eigenvalue weighted by Gasteiger charge is -2.17. The molecule has 1 atom stereocenters. The van der Waals surface area contributed by atoms with Gasteiger partial charge in [0.15, 0.2) is 15.5 Å². The predicted molar refractivity (Wildman–Crippen MR) is 107 cm³/mol. The number of rotatable bonds is 6. The number of nitrogens with one attached hydrogen (secondary N) is 1. The number of hydrogen-bond acceptors (Lipinski definition) is 7. The number of benzene rings is 1. The van der Waals surface area contributed by atoms with E-state index in [2.05, 4.69) is 25.5 Å². The van der Waals surface area contributed by atoms with E-state index in [9.17, 15) is 13.2 Å². The molecule has 1 N–H and O–H groups in total. The number of aromatic nitrogens is 4. The molecule has 3 aromatic rings. The average Bonchev–Trinajstić information content (AvgIpc) is 3.34. The van der Waals surface area contributed by atoms with Crippen LogP contribution in [-0.4, -0.2) is 59.5 Å². The number of carbonyl (C=O) groups is 1. The van der Waals surface area contributed by atoms with Crippen molar-refractivity contribution in [2.75, 3.05) is 24.2 Å². The number of amides is 1. The fraction of sp³-hybridized carbons (Fsp3) is 0.368. The van der Waals surface area contributed by atoms with E-state index in [4.69, 9.17) is 0 Å². The monoisotopic (exact) mass is 414 g/mol. The summed E-state index contributed by atoms with van der Waals surface area (Å²) in [4.78, 5) is 14.7. The first kappa shape index (κ1) is 19.3. The van der Waals surface area contributed by atoms with Crippen molar-refractivity contribution >= 4 is 27.2 Å². The van der Waals surface area contributed by atoms with Gasteiger partial charge in [-0.3, -0.25) is 4.79 Å². The third-order valence-corrected chi connectivity index (χ3v) is 6.15. The zero-order valence-electron chi connectivity index (χ0n) is 16.0. The van der Waals surface area contributed by atoms with Crippen molar-refractivity contribution in [2.45, 2.75) is 30.2 Å². The van der Waals surface area contributed by atoms with E-state index < -0.39 is 9.84 Å². The van der Waals surface area contributed by atoms with Crippen LogP contribution in [0.3, 0.4) is 0 Å². The Morgan fingerprint density at radius 2 is 2.00 bits per heavy atom. The maximum absolute atomic E-state index is 12.3. The van der Waals surface area contributed by atoms with Crippen LogP contribution in [0.25, 0.3) is 5.65 Å². The highest BCUT2D eigenvalue weighted by atomic mass is 32.2. The molecule has 0 radical (unpaired) electrons. The minimum absolute atomic E-state index is 0.00809. The normalized spacial score (nSPS) is 17.0. The largest absolute Gasteiger partial charge is 0.353 e. The molecule has 152 valence electrons. The van der Waals surface area contributed by atoms with Crippen LogP contribution in [0.4, 0.5) is 5.82 Å². The van der Waals surface area contributed by atoms with Gasteiger partial charge < -0.3 is 10.2 Å². The summed E-state index contributed by atoms with van der Waals surface area (Å²) in [5.41, 5.74) is 1.63. The summed E-state index contributed by atoms with van der Waals surface area (Å²) in [6.45, 7) is 1.52. The van der Waals surface area contributed by atoms with Gasteiger partial charge in [-0.05, 0) is 42.7 Å². The van der Waals surface area contributed by atoms with E-state index in [0.717, 1.165) is 24.3 Å². The Balaban J connectivity index is 1.28. The molecule has 1 aromatic carbocycles. The van der Waals surface area contributed by atoms with E-state index in [1.807, 2.05) is 12.1 Å². The van der Waals surface area contributed by atoms with E-state index in [1.54, 1.807) is 35.1 Å². The molecule has 10 heteroatoms. The van der Waals surface area contributed by atoms with Crippen LogP contribution >= 0.6 is 0 Å². The summed E-state index contributed by atoms with van der Waals surface area (Å²) in [7, 11) is -3.20. The molecule has 1 aliphatic rings. The molecule has 1 saturated heterocycles. The Morgan fingerprint density at radius 1 is 1.21 bits per heavy atom. The van der Waals surface area contributed by atoms with Crippen molar-refractivity contribution in [1.29, 1.82) is 0 Å². The van der Waals surface area contributed by atoms with E-state index in [0.29, 0.717) is 25.0 Å². The number of hydrogen-bond donors (Lipinski definition) is 1. The molecule has 1 aliphatic heterocycles. The maximum Gasteiger partial charge on any atom is 0.220 e. The second-order valence-corrected chi connectivity index (χ2v) is 9.26. The number of fused-ring (bicyclic) bond motifs is 1. The van der Waals surface area contributed by atoms with Gasteiger partial charge >= 0.3 is 0 Å². The molecule has 3 heterocycles. The van der Waals surface area contributed by atoms with Crippen LogP contribution in [0, 0.1) is 0 Å². The smallest absolute Gasteiger partial charge is 0.220 e. The molecule has 9 nitrogen and oxygen atoms in total. The Kier molecular flexibility index (Phi) is 5.18. The summed E-state index contributed by atoms with van der Waals surface area (Å²) >= 11 is 0. The quantitative estimate of drug-likeness (QED) is 0.637. The van der Waals surface area contributed by atoms with E-state index in [-0.39, 0.29) is 16.8 Å². The van der Waals surface area contributed by atoms with Gasteiger partial charge in [0.1, 0.15) is 12.1 Å². The number of sulfone groups is 1. The molecule has 2 aromatic heterocycles. The fourth-order valence-electron chi connectivity index (χ4n) is 3.43. The molecule has 0 aliphatic carbocycles. The van der Waals surface area contributed by atoms with Crippen molar-refractivity contribution in [2.24, 2.45) is 0 Å². The zero-order chi connectivity index (χ0) is 20.4. The first-order chi connectivity index (χ1) is 13.9. The lowest BCUT2D eigenvalue weighted by atomic mass is 10.1. The van der Waals surface area contributed by atoms with Gasteiger partial charge in [-0.15, -0.1) is 15.3 Å². The third kappa shape index (κ3) is 4.53. The van der Waals surface area contributed by atoms with Gasteiger partial charge in [0.05, 0.1) is 4.90 Å². The van der Waals surface area contributed by atoms with Gasteiger partial charge in [-0.25, -0.2) is 8.42 Å². The van der Waals surface area contributed by atoms with Crippen LogP contribution in [-0.2, 0) is 21.1 Å². The molecule has 0 unspecified atom stereocenters. The molecule has 1 amide bonds. The molecule has 4 rings (SSSR count). The average molecular weight is 414 g/mol. The predicted octanol–water partition coefficient (Wildman–Crippen LogP) is 0.855. The number of anilines is 1. The van der Waals surface area contributed by atoms with Crippen molar-refractivity contribution in [3.63, 3.8) is 0 Å². The van der Waals surface area contributed by atoms with Crippen molar-refractivity contribution in [1.82, 2.24) is 25.1 Å². The van der Waals surface area contributed by atoms with Crippen LogP contribution in [0.15, 0.2) is 47.6 Å². The molecule has 0 saturated carbocycles. The van der Waals surface area contributed by atoms with Crippen molar-refractivity contribution in [3.05, 3.63) is 48.3 Å². The van der Waals surface area contributed by atoms with Crippen LogP contribution in [0.1, 0.15) is 18.4 Å². The van der Waals surface area contributed by atoms with Crippen molar-refractivity contribution < 1.29 is 13.2 Å². The first-order valence-corrected chi connectivity index (χ1v) is 11.3. The van der Waals surface area contributed by atoms with Gasteiger partial charge in [0, 0.05) is 31.8 Å². The van der Waals surface area contributed by atoms with Crippen LogP contribution in [0.2, 0.25) is 0 Å². The Labute approximate surface area is 168 Å². The van der Waals surface area contributed by atoms with Gasteiger partial charge in [-0.2, -0.15) is 4.52 Å². The molecular formula is C19H22N6O3S. The molecule has 0 spiro atoms. The van der Waals surface area contributed by atoms with Crippen LogP contribution in [0.5, 0.6) is 0 Å². The van der Waals surface area contributed by atoms with Gasteiger partial charge in [-0.1, -0.05) is 12.1 Å². The maximum atomic E-state index is 12.3. The summed E-state index contributed by atoms with van der Waals surface area (Å²) in [5, 5.41) is 15.4.